The normalized spacial score (nSPS) is 13.2. The monoisotopic (exact) mass is 233 g/mol. The van der Waals surface area contributed by atoms with Crippen LogP contribution in [0, 0.1) is 0 Å². The molecule has 94 valence electrons. The van der Waals surface area contributed by atoms with Gasteiger partial charge in [-0.25, -0.2) is 4.79 Å². The number of amides is 1. The van der Waals surface area contributed by atoms with Crippen LogP contribution in [0.15, 0.2) is 0 Å². The highest BCUT2D eigenvalue weighted by Gasteiger charge is 2.25. The van der Waals surface area contributed by atoms with Gasteiger partial charge in [-0.2, -0.15) is 0 Å². The first kappa shape index (κ1) is 14.9. The van der Waals surface area contributed by atoms with Crippen molar-refractivity contribution in [2.24, 2.45) is 0 Å². The maximum Gasteiger partial charge on any atom is 0.326 e. The summed E-state index contributed by atoms with van der Waals surface area (Å²) in [6.45, 7) is 3.17. The molecule has 0 saturated heterocycles. The summed E-state index contributed by atoms with van der Waals surface area (Å²) in [5, 5.41) is 19.7. The molecule has 0 aromatic heterocycles. The summed E-state index contributed by atoms with van der Waals surface area (Å²) < 4.78 is 5.05. The molecule has 0 aromatic carbocycles. The van der Waals surface area contributed by atoms with Gasteiger partial charge in [0.1, 0.15) is 6.04 Å². The molecule has 3 N–H and O–H groups in total. The van der Waals surface area contributed by atoms with Crippen molar-refractivity contribution in [3.63, 3.8) is 0 Å². The van der Waals surface area contributed by atoms with Gasteiger partial charge in [0.2, 0.25) is 5.91 Å². The van der Waals surface area contributed by atoms with Crippen LogP contribution in [0.4, 0.5) is 0 Å². The van der Waals surface area contributed by atoms with Gasteiger partial charge in [-0.1, -0.05) is 0 Å². The molecule has 0 bridgehead atoms. The lowest BCUT2D eigenvalue weighted by Crippen LogP contribution is -2.44. The van der Waals surface area contributed by atoms with E-state index < -0.39 is 23.5 Å². The first-order chi connectivity index (χ1) is 7.32. The number of methoxy groups -OCH3 is 1. The minimum atomic E-state index is -1.15. The van der Waals surface area contributed by atoms with Crippen LogP contribution < -0.4 is 5.32 Å². The lowest BCUT2D eigenvalue weighted by Gasteiger charge is -2.23. The predicted molar refractivity (Wildman–Crippen MR) is 57.0 cm³/mol. The van der Waals surface area contributed by atoms with Crippen molar-refractivity contribution in [1.29, 1.82) is 0 Å². The van der Waals surface area contributed by atoms with Crippen molar-refractivity contribution < 1.29 is 24.5 Å². The molecule has 0 fully saturated rings. The van der Waals surface area contributed by atoms with Crippen molar-refractivity contribution in [2.45, 2.75) is 38.3 Å². The third kappa shape index (κ3) is 5.67. The second-order valence-electron chi connectivity index (χ2n) is 4.11. The molecule has 0 aromatic rings. The standard InChI is InChI=1S/C10H19NO5/c1-10(2,16-3)6-8(13)11-7(4-5-12)9(14)15/h7,12H,4-6H2,1-3H3,(H,11,13)(H,14,15). The Kier molecular flexibility index (Phi) is 5.98. The molecule has 0 rings (SSSR count). The van der Waals surface area contributed by atoms with Crippen LogP contribution in [0.3, 0.4) is 0 Å². The largest absolute Gasteiger partial charge is 0.480 e. The number of carbonyl (C=O) groups is 2. The van der Waals surface area contributed by atoms with E-state index in [0.29, 0.717) is 0 Å². The number of aliphatic carboxylic acids is 1. The van der Waals surface area contributed by atoms with Crippen molar-refractivity contribution in [2.75, 3.05) is 13.7 Å². The van der Waals surface area contributed by atoms with Crippen LogP contribution in [-0.2, 0) is 14.3 Å². The molecule has 1 atom stereocenters. The van der Waals surface area contributed by atoms with E-state index in [2.05, 4.69) is 5.32 Å². The summed E-state index contributed by atoms with van der Waals surface area (Å²) in [5.74, 6) is -1.56. The number of ether oxygens (including phenoxy) is 1. The van der Waals surface area contributed by atoms with Crippen molar-refractivity contribution in [3.05, 3.63) is 0 Å². The Labute approximate surface area is 94.6 Å². The molecule has 0 radical (unpaired) electrons. The number of aliphatic hydroxyl groups excluding tert-OH is 1. The van der Waals surface area contributed by atoms with E-state index in [4.69, 9.17) is 14.9 Å². The fourth-order valence-corrected chi connectivity index (χ4v) is 1.09. The van der Waals surface area contributed by atoms with Crippen LogP contribution in [-0.4, -0.2) is 47.4 Å². The van der Waals surface area contributed by atoms with Gasteiger partial charge in [-0.15, -0.1) is 0 Å². The zero-order valence-electron chi connectivity index (χ0n) is 9.82. The molecule has 0 aliphatic carbocycles. The van der Waals surface area contributed by atoms with Gasteiger partial charge in [0, 0.05) is 20.1 Å². The van der Waals surface area contributed by atoms with Crippen LogP contribution in [0.1, 0.15) is 26.7 Å². The van der Waals surface area contributed by atoms with Gasteiger partial charge in [0.05, 0.1) is 12.0 Å². The molecule has 0 aliphatic heterocycles. The summed E-state index contributed by atoms with van der Waals surface area (Å²) in [5.41, 5.74) is -0.633. The first-order valence-electron chi connectivity index (χ1n) is 5.00. The Morgan fingerprint density at radius 3 is 2.38 bits per heavy atom. The topological polar surface area (TPSA) is 95.9 Å². The molecule has 6 heteroatoms. The van der Waals surface area contributed by atoms with Gasteiger partial charge < -0.3 is 20.3 Å². The molecule has 6 nitrogen and oxygen atoms in total. The summed E-state index contributed by atoms with van der Waals surface area (Å²) in [6, 6.07) is -1.05. The molecule has 1 amide bonds. The minimum absolute atomic E-state index is 0.00547. The number of aliphatic hydroxyl groups is 1. The Balaban J connectivity index is 4.25. The quantitative estimate of drug-likeness (QED) is 0.563. The van der Waals surface area contributed by atoms with Gasteiger partial charge in [0.15, 0.2) is 0 Å². The maximum atomic E-state index is 11.5. The number of hydrogen-bond acceptors (Lipinski definition) is 4. The average Bonchev–Trinajstić information content (AvgIpc) is 2.16. The van der Waals surface area contributed by atoms with Crippen LogP contribution in [0.25, 0.3) is 0 Å². The zero-order chi connectivity index (χ0) is 12.8. The fourth-order valence-electron chi connectivity index (χ4n) is 1.09. The second-order valence-corrected chi connectivity index (χ2v) is 4.11. The number of carboxylic acid groups (broad SMARTS) is 1. The van der Waals surface area contributed by atoms with E-state index in [9.17, 15) is 9.59 Å². The second kappa shape index (κ2) is 6.44. The molecule has 16 heavy (non-hydrogen) atoms. The summed E-state index contributed by atoms with van der Waals surface area (Å²) in [7, 11) is 1.48. The van der Waals surface area contributed by atoms with E-state index in [1.165, 1.54) is 7.11 Å². The zero-order valence-corrected chi connectivity index (χ0v) is 9.82. The van der Waals surface area contributed by atoms with Gasteiger partial charge in [-0.05, 0) is 13.8 Å². The smallest absolute Gasteiger partial charge is 0.326 e. The minimum Gasteiger partial charge on any atom is -0.480 e. The van der Waals surface area contributed by atoms with Gasteiger partial charge in [0.25, 0.3) is 0 Å². The van der Waals surface area contributed by atoms with E-state index in [1.54, 1.807) is 13.8 Å². The average molecular weight is 233 g/mol. The van der Waals surface area contributed by atoms with E-state index in [0.717, 1.165) is 0 Å². The lowest BCUT2D eigenvalue weighted by molar-refractivity contribution is -0.143. The Bertz CT molecular complexity index is 252. The van der Waals surface area contributed by atoms with Crippen molar-refractivity contribution >= 4 is 11.9 Å². The SMILES string of the molecule is COC(C)(C)CC(=O)NC(CCO)C(=O)O. The third-order valence-corrected chi connectivity index (χ3v) is 2.19. The lowest BCUT2D eigenvalue weighted by atomic mass is 10.0. The van der Waals surface area contributed by atoms with Crippen molar-refractivity contribution in [3.8, 4) is 0 Å². The molecule has 0 saturated carbocycles. The Morgan fingerprint density at radius 2 is 2.00 bits per heavy atom. The molecule has 0 aliphatic rings. The maximum absolute atomic E-state index is 11.5. The number of hydrogen-bond donors (Lipinski definition) is 3. The number of carbonyl (C=O) groups excluding carboxylic acids is 1. The highest BCUT2D eigenvalue weighted by Crippen LogP contribution is 2.12. The molecular weight excluding hydrogens is 214 g/mol. The van der Waals surface area contributed by atoms with Gasteiger partial charge in [-0.3, -0.25) is 4.79 Å². The molecule has 1 unspecified atom stereocenters. The highest BCUT2D eigenvalue weighted by molar-refractivity contribution is 5.83. The molecule has 0 spiro atoms. The summed E-state index contributed by atoms with van der Waals surface area (Å²) in [4.78, 5) is 22.2. The third-order valence-electron chi connectivity index (χ3n) is 2.19. The summed E-state index contributed by atoms with van der Waals surface area (Å²) >= 11 is 0. The van der Waals surface area contributed by atoms with E-state index in [-0.39, 0.29) is 19.4 Å². The van der Waals surface area contributed by atoms with Crippen LogP contribution in [0.5, 0.6) is 0 Å². The fraction of sp³-hybridized carbons (Fsp3) is 0.800. The Morgan fingerprint density at radius 1 is 1.44 bits per heavy atom. The number of rotatable bonds is 7. The van der Waals surface area contributed by atoms with Crippen LogP contribution in [0.2, 0.25) is 0 Å². The highest BCUT2D eigenvalue weighted by atomic mass is 16.5. The van der Waals surface area contributed by atoms with Gasteiger partial charge >= 0.3 is 5.97 Å². The first-order valence-corrected chi connectivity index (χ1v) is 5.00. The predicted octanol–water partition coefficient (Wildman–Crippen LogP) is -0.247. The Hall–Kier alpha value is -1.14. The van der Waals surface area contributed by atoms with E-state index in [1.807, 2.05) is 0 Å². The molecule has 0 heterocycles. The summed E-state index contributed by atoms with van der Waals surface area (Å²) in [6.07, 6.45) is 0.0627. The van der Waals surface area contributed by atoms with Crippen LogP contribution >= 0.6 is 0 Å². The van der Waals surface area contributed by atoms with E-state index >= 15 is 0 Å². The number of carboxylic acids is 1. The number of nitrogens with one attached hydrogen (secondary N) is 1. The molecular formula is C10H19NO5. The van der Waals surface area contributed by atoms with Crippen molar-refractivity contribution in [1.82, 2.24) is 5.32 Å².